The van der Waals surface area contributed by atoms with E-state index in [2.05, 4.69) is 9.98 Å². The molecule has 2 rings (SSSR count). The molecule has 6 heteroatoms. The first kappa shape index (κ1) is 14.8. The average molecular weight is 285 g/mol. The molecule has 21 heavy (non-hydrogen) atoms. The van der Waals surface area contributed by atoms with Crippen molar-refractivity contribution in [2.75, 3.05) is 19.8 Å². The molecule has 0 atom stereocenters. The Bertz CT molecular complexity index is 704. The summed E-state index contributed by atoms with van der Waals surface area (Å²) in [4.78, 5) is 22.7. The van der Waals surface area contributed by atoms with E-state index in [1.165, 1.54) is 4.57 Å². The minimum Gasteiger partial charge on any atom is -0.393 e. The fourth-order valence-corrected chi connectivity index (χ4v) is 1.84. The van der Waals surface area contributed by atoms with E-state index in [0.29, 0.717) is 18.2 Å². The summed E-state index contributed by atoms with van der Waals surface area (Å²) in [6, 6.07) is 9.67. The average Bonchev–Trinajstić information content (AvgIpc) is 2.47. The molecule has 2 N–H and O–H groups in total. The first-order valence-electron chi connectivity index (χ1n) is 6.60. The molecule has 1 aromatic carbocycles. The quantitative estimate of drug-likeness (QED) is 0.680. The molecule has 0 radical (unpaired) electrons. The number of nitrogens with zero attached hydrogens (tertiary/aromatic N) is 4. The van der Waals surface area contributed by atoms with E-state index in [1.54, 1.807) is 18.2 Å². The first-order valence-corrected chi connectivity index (χ1v) is 6.60. The van der Waals surface area contributed by atoms with Gasteiger partial charge in [-0.3, -0.25) is 9.36 Å². The highest BCUT2D eigenvalue weighted by Crippen LogP contribution is 2.13. The highest BCUT2D eigenvalue weighted by Gasteiger charge is 2.11. The van der Waals surface area contributed by atoms with Gasteiger partial charge in [0.15, 0.2) is 0 Å². The molecular formula is C15H19N5O. The molecule has 0 unspecified atom stereocenters. The van der Waals surface area contributed by atoms with Crippen LogP contribution < -0.4 is 11.3 Å². The zero-order valence-electron chi connectivity index (χ0n) is 12.4. The minimum atomic E-state index is -0.266. The van der Waals surface area contributed by atoms with Gasteiger partial charge in [0.1, 0.15) is 5.69 Å². The molecule has 0 aliphatic carbocycles. The fourth-order valence-electron chi connectivity index (χ4n) is 1.84. The van der Waals surface area contributed by atoms with Crippen molar-refractivity contribution in [2.45, 2.75) is 13.5 Å². The van der Waals surface area contributed by atoms with Gasteiger partial charge in [-0.2, -0.15) is 0 Å². The van der Waals surface area contributed by atoms with Crippen LogP contribution >= 0.6 is 0 Å². The molecule has 0 spiro atoms. The summed E-state index contributed by atoms with van der Waals surface area (Å²) in [7, 11) is 3.71. The smallest absolute Gasteiger partial charge is 0.278 e. The van der Waals surface area contributed by atoms with Gasteiger partial charge in [0.2, 0.25) is 5.95 Å². The monoisotopic (exact) mass is 285 g/mol. The molecule has 1 heterocycles. The van der Waals surface area contributed by atoms with Crippen LogP contribution in [0.2, 0.25) is 0 Å². The third kappa shape index (κ3) is 3.47. The number of hydrogen-bond donors (Lipinski definition) is 1. The van der Waals surface area contributed by atoms with Gasteiger partial charge in [0.25, 0.3) is 5.56 Å². The van der Waals surface area contributed by atoms with Crippen molar-refractivity contribution in [3.8, 4) is 0 Å². The van der Waals surface area contributed by atoms with Crippen LogP contribution in [-0.4, -0.2) is 34.9 Å². The number of aromatic nitrogens is 2. The van der Waals surface area contributed by atoms with Crippen LogP contribution in [0.25, 0.3) is 0 Å². The normalized spacial score (nSPS) is 11.0. The number of hydrogen-bond acceptors (Lipinski definition) is 4. The Hall–Kier alpha value is -2.63. The van der Waals surface area contributed by atoms with Crippen LogP contribution in [0.4, 0.5) is 11.6 Å². The maximum atomic E-state index is 12.4. The van der Waals surface area contributed by atoms with Crippen LogP contribution in [-0.2, 0) is 6.54 Å². The van der Waals surface area contributed by atoms with E-state index in [4.69, 9.17) is 5.73 Å². The lowest BCUT2D eigenvalue weighted by atomic mass is 10.2. The summed E-state index contributed by atoms with van der Waals surface area (Å²) >= 11 is 0. The van der Waals surface area contributed by atoms with Crippen LogP contribution in [0.3, 0.4) is 0 Å². The number of nitrogens with two attached hydrogens (primary N) is 1. The Morgan fingerprint density at radius 3 is 2.62 bits per heavy atom. The molecular weight excluding hydrogens is 266 g/mol. The zero-order valence-corrected chi connectivity index (χ0v) is 12.4. The number of aryl methyl sites for hydroxylation is 1. The molecule has 0 fully saturated rings. The van der Waals surface area contributed by atoms with Crippen molar-refractivity contribution < 1.29 is 0 Å². The van der Waals surface area contributed by atoms with Gasteiger partial charge in [0, 0.05) is 14.1 Å². The first-order chi connectivity index (χ1) is 9.99. The van der Waals surface area contributed by atoms with Gasteiger partial charge in [-0.05, 0) is 12.5 Å². The number of benzene rings is 1. The van der Waals surface area contributed by atoms with Crippen molar-refractivity contribution in [2.24, 2.45) is 4.99 Å². The lowest BCUT2D eigenvalue weighted by Gasteiger charge is -2.12. The second-order valence-electron chi connectivity index (χ2n) is 5.00. The topological polar surface area (TPSA) is 76.5 Å². The minimum absolute atomic E-state index is 0.162. The SMILES string of the molecule is Cc1nc(/N=C/N(C)C)n(Cc2ccccc2)c(=O)c1N. The Morgan fingerprint density at radius 1 is 1.33 bits per heavy atom. The van der Waals surface area contributed by atoms with Crippen LogP contribution in [0.1, 0.15) is 11.3 Å². The standard InChI is InChI=1S/C15H19N5O/c1-11-13(16)14(21)20(9-12-7-5-4-6-8-12)15(18-11)17-10-19(2)3/h4-8,10H,9,16H2,1-3H3/b17-10+. The van der Waals surface area contributed by atoms with Gasteiger partial charge in [-0.25, -0.2) is 9.98 Å². The molecule has 6 nitrogen and oxygen atoms in total. The molecule has 0 aliphatic rings. The summed E-state index contributed by atoms with van der Waals surface area (Å²) in [5.74, 6) is 0.351. The molecule has 0 saturated heterocycles. The van der Waals surface area contributed by atoms with Crippen LogP contribution in [0, 0.1) is 6.92 Å². The van der Waals surface area contributed by atoms with E-state index < -0.39 is 0 Å². The van der Waals surface area contributed by atoms with E-state index in [9.17, 15) is 4.79 Å². The maximum absolute atomic E-state index is 12.4. The van der Waals surface area contributed by atoms with E-state index in [0.717, 1.165) is 5.56 Å². The second-order valence-corrected chi connectivity index (χ2v) is 5.00. The molecule has 2 aromatic rings. The van der Waals surface area contributed by atoms with Gasteiger partial charge >= 0.3 is 0 Å². The van der Waals surface area contributed by atoms with Crippen molar-refractivity contribution in [3.05, 3.63) is 51.9 Å². The number of nitrogen functional groups attached to an aromatic ring is 1. The Balaban J connectivity index is 2.51. The van der Waals surface area contributed by atoms with Crippen LogP contribution in [0.15, 0.2) is 40.1 Å². The molecule has 1 aromatic heterocycles. The largest absolute Gasteiger partial charge is 0.393 e. The van der Waals surface area contributed by atoms with Crippen molar-refractivity contribution >= 4 is 18.0 Å². The van der Waals surface area contributed by atoms with Crippen LogP contribution in [0.5, 0.6) is 0 Å². The van der Waals surface area contributed by atoms with Gasteiger partial charge in [0.05, 0.1) is 18.6 Å². The fraction of sp³-hybridized carbons (Fsp3) is 0.267. The Morgan fingerprint density at radius 2 is 2.00 bits per heavy atom. The van der Waals surface area contributed by atoms with Gasteiger partial charge in [-0.1, -0.05) is 30.3 Å². The molecule has 0 aliphatic heterocycles. The summed E-state index contributed by atoms with van der Waals surface area (Å²) in [6.45, 7) is 2.09. The van der Waals surface area contributed by atoms with E-state index in [1.807, 2.05) is 44.4 Å². The molecule has 0 amide bonds. The summed E-state index contributed by atoms with van der Waals surface area (Å²) in [5, 5.41) is 0. The third-order valence-electron chi connectivity index (χ3n) is 2.96. The number of rotatable bonds is 4. The zero-order chi connectivity index (χ0) is 15.4. The van der Waals surface area contributed by atoms with Crippen molar-refractivity contribution in [1.82, 2.24) is 14.5 Å². The second kappa shape index (κ2) is 6.21. The Kier molecular flexibility index (Phi) is 4.37. The van der Waals surface area contributed by atoms with Crippen molar-refractivity contribution in [1.29, 1.82) is 0 Å². The lowest BCUT2D eigenvalue weighted by molar-refractivity contribution is 0.639. The highest BCUT2D eigenvalue weighted by molar-refractivity contribution is 5.58. The lowest BCUT2D eigenvalue weighted by Crippen LogP contribution is -2.26. The molecule has 110 valence electrons. The van der Waals surface area contributed by atoms with E-state index in [-0.39, 0.29) is 11.2 Å². The van der Waals surface area contributed by atoms with Gasteiger partial charge < -0.3 is 10.6 Å². The predicted octanol–water partition coefficient (Wildman–Crippen LogP) is 1.40. The van der Waals surface area contributed by atoms with Crippen molar-refractivity contribution in [3.63, 3.8) is 0 Å². The number of aliphatic imine (C=N–C) groups is 1. The highest BCUT2D eigenvalue weighted by atomic mass is 16.1. The number of anilines is 1. The van der Waals surface area contributed by atoms with Gasteiger partial charge in [-0.15, -0.1) is 0 Å². The third-order valence-corrected chi connectivity index (χ3v) is 2.96. The summed E-state index contributed by atoms with van der Waals surface area (Å²) < 4.78 is 1.48. The maximum Gasteiger partial charge on any atom is 0.278 e. The van der Waals surface area contributed by atoms with E-state index >= 15 is 0 Å². The Labute approximate surface area is 123 Å². The summed E-state index contributed by atoms with van der Waals surface area (Å²) in [6.07, 6.45) is 1.61. The predicted molar refractivity (Wildman–Crippen MR) is 85.0 cm³/mol. The molecule has 0 bridgehead atoms. The summed E-state index contributed by atoms with van der Waals surface area (Å²) in [5.41, 5.74) is 7.19. The molecule has 0 saturated carbocycles.